The number of ether oxygens (including phenoxy) is 2. The van der Waals surface area contributed by atoms with E-state index in [4.69, 9.17) is 37.4 Å². The quantitative estimate of drug-likeness (QED) is 0.137. The largest absolute Gasteiger partial charge is 0.495 e. The Hall–Kier alpha value is -3.22. The minimum absolute atomic E-state index is 0.0428. The standard InChI is InChI=1S/C20H25ClN4O7S/c1-30-17-8-5-14(21)12-18(17)33(28,29)25-16(19(26)27)11-13-3-6-15(7-4-13)31-9-2-10-32-24-20(22)23/h3-8,12,16,25H,2,9-11H2,1H3,(H,26,27)(H4,22,23,24). The lowest BCUT2D eigenvalue weighted by Crippen LogP contribution is -2.42. The van der Waals surface area contributed by atoms with Crippen LogP contribution in [0, 0.1) is 0 Å². The average molecular weight is 501 g/mol. The van der Waals surface area contributed by atoms with Crippen LogP contribution >= 0.6 is 11.6 Å². The van der Waals surface area contributed by atoms with Gasteiger partial charge in [0.1, 0.15) is 29.0 Å². The first-order valence-electron chi connectivity index (χ1n) is 9.63. The van der Waals surface area contributed by atoms with Gasteiger partial charge in [-0.05, 0) is 47.5 Å². The van der Waals surface area contributed by atoms with Crippen LogP contribution < -0.4 is 25.7 Å². The van der Waals surface area contributed by atoms with E-state index < -0.39 is 22.0 Å². The van der Waals surface area contributed by atoms with Crippen molar-refractivity contribution in [3.05, 3.63) is 53.1 Å². The minimum Gasteiger partial charge on any atom is -0.495 e. The second-order valence-corrected chi connectivity index (χ2v) is 8.83. The van der Waals surface area contributed by atoms with Crippen molar-refractivity contribution < 1.29 is 32.6 Å². The SMILES string of the molecule is COc1ccc(Cl)cc1S(=O)(=O)NC(Cc1ccc(OCCCON=C(N)N)cc1)C(=O)O. The van der Waals surface area contributed by atoms with Gasteiger partial charge in [-0.25, -0.2) is 8.42 Å². The average Bonchev–Trinajstić information content (AvgIpc) is 2.76. The molecule has 1 atom stereocenters. The molecule has 6 N–H and O–H groups in total. The molecular formula is C20H25ClN4O7S. The third-order valence-corrected chi connectivity index (χ3v) is 5.92. The third kappa shape index (κ3) is 8.33. The molecule has 0 spiro atoms. The summed E-state index contributed by atoms with van der Waals surface area (Å²) in [5.74, 6) is -0.904. The van der Waals surface area contributed by atoms with E-state index in [1.807, 2.05) is 0 Å². The normalized spacial score (nSPS) is 11.9. The van der Waals surface area contributed by atoms with Crippen LogP contribution in [0.4, 0.5) is 0 Å². The molecule has 2 aromatic rings. The highest BCUT2D eigenvalue weighted by Crippen LogP contribution is 2.27. The van der Waals surface area contributed by atoms with Crippen LogP contribution in [-0.4, -0.2) is 51.8 Å². The molecule has 0 aliphatic carbocycles. The fourth-order valence-electron chi connectivity index (χ4n) is 2.68. The van der Waals surface area contributed by atoms with Gasteiger partial charge in [0.15, 0.2) is 0 Å². The number of nitrogens with zero attached hydrogens (tertiary/aromatic N) is 1. The predicted octanol–water partition coefficient (Wildman–Crippen LogP) is 1.30. The topological polar surface area (TPSA) is 176 Å². The molecule has 11 nitrogen and oxygen atoms in total. The molecular weight excluding hydrogens is 476 g/mol. The Morgan fingerprint density at radius 2 is 1.88 bits per heavy atom. The number of hydrogen-bond acceptors (Lipinski definition) is 7. The summed E-state index contributed by atoms with van der Waals surface area (Å²) in [6, 6.07) is 9.23. The number of guanidine groups is 1. The van der Waals surface area contributed by atoms with E-state index in [2.05, 4.69) is 9.88 Å². The van der Waals surface area contributed by atoms with E-state index in [0.717, 1.165) is 0 Å². The number of sulfonamides is 1. The number of hydrogen-bond donors (Lipinski definition) is 4. The number of nitrogens with two attached hydrogens (primary N) is 2. The Balaban J connectivity index is 2.00. The van der Waals surface area contributed by atoms with Gasteiger partial charge in [0.2, 0.25) is 16.0 Å². The zero-order chi connectivity index (χ0) is 24.4. The highest BCUT2D eigenvalue weighted by atomic mass is 35.5. The van der Waals surface area contributed by atoms with Crippen LogP contribution in [0.5, 0.6) is 11.5 Å². The maximum absolute atomic E-state index is 12.8. The lowest BCUT2D eigenvalue weighted by Gasteiger charge is -2.17. The molecule has 0 aromatic heterocycles. The van der Waals surface area contributed by atoms with Gasteiger partial charge in [-0.3, -0.25) is 4.79 Å². The Morgan fingerprint density at radius 1 is 1.18 bits per heavy atom. The van der Waals surface area contributed by atoms with Crippen LogP contribution in [0.1, 0.15) is 12.0 Å². The third-order valence-electron chi connectivity index (χ3n) is 4.19. The molecule has 13 heteroatoms. The molecule has 0 aliphatic rings. The molecule has 0 fully saturated rings. The van der Waals surface area contributed by atoms with Crippen molar-refractivity contribution in [3.8, 4) is 11.5 Å². The number of halogens is 1. The number of aliphatic carboxylic acids is 1. The van der Waals surface area contributed by atoms with Crippen LogP contribution in [0.2, 0.25) is 5.02 Å². The number of carboxylic acid groups (broad SMARTS) is 1. The van der Waals surface area contributed by atoms with E-state index in [1.54, 1.807) is 24.3 Å². The first-order valence-corrected chi connectivity index (χ1v) is 11.5. The summed E-state index contributed by atoms with van der Waals surface area (Å²) >= 11 is 5.90. The first-order chi connectivity index (χ1) is 15.6. The van der Waals surface area contributed by atoms with Crippen molar-refractivity contribution in [3.63, 3.8) is 0 Å². The molecule has 2 rings (SSSR count). The Labute approximate surface area is 196 Å². The van der Waals surface area contributed by atoms with Gasteiger partial charge >= 0.3 is 5.97 Å². The highest BCUT2D eigenvalue weighted by molar-refractivity contribution is 7.89. The number of rotatable bonds is 13. The van der Waals surface area contributed by atoms with Gasteiger partial charge in [0.25, 0.3) is 0 Å². The maximum atomic E-state index is 12.8. The fourth-order valence-corrected chi connectivity index (χ4v) is 4.30. The summed E-state index contributed by atoms with van der Waals surface area (Å²) in [4.78, 5) is 16.3. The number of methoxy groups -OCH3 is 1. The second-order valence-electron chi connectivity index (χ2n) is 6.71. The van der Waals surface area contributed by atoms with E-state index in [0.29, 0.717) is 24.3 Å². The molecule has 0 aliphatic heterocycles. The molecule has 0 heterocycles. The van der Waals surface area contributed by atoms with E-state index in [1.165, 1.54) is 25.3 Å². The van der Waals surface area contributed by atoms with Crippen LogP contribution in [0.25, 0.3) is 0 Å². The molecule has 1 unspecified atom stereocenters. The molecule has 0 saturated carbocycles. The second kappa shape index (κ2) is 12.1. The minimum atomic E-state index is -4.22. The zero-order valence-corrected chi connectivity index (χ0v) is 19.3. The Bertz CT molecular complexity index is 1070. The molecule has 180 valence electrons. The molecule has 0 radical (unpaired) electrons. The van der Waals surface area contributed by atoms with Gasteiger partial charge in [0.05, 0.1) is 13.7 Å². The van der Waals surface area contributed by atoms with Crippen molar-refractivity contribution in [2.75, 3.05) is 20.3 Å². The van der Waals surface area contributed by atoms with Gasteiger partial charge in [-0.15, -0.1) is 0 Å². The lowest BCUT2D eigenvalue weighted by molar-refractivity contribution is -0.138. The lowest BCUT2D eigenvalue weighted by atomic mass is 10.1. The summed E-state index contributed by atoms with van der Waals surface area (Å²) in [7, 11) is -2.92. The van der Waals surface area contributed by atoms with Crippen LogP contribution in [0.3, 0.4) is 0 Å². The van der Waals surface area contributed by atoms with Crippen LogP contribution in [0.15, 0.2) is 52.5 Å². The predicted molar refractivity (Wildman–Crippen MR) is 122 cm³/mol. The molecule has 0 amide bonds. The monoisotopic (exact) mass is 500 g/mol. The summed E-state index contributed by atoms with van der Waals surface area (Å²) in [6.45, 7) is 0.617. The Morgan fingerprint density at radius 3 is 2.48 bits per heavy atom. The van der Waals surface area contributed by atoms with Crippen molar-refractivity contribution in [2.24, 2.45) is 16.6 Å². The molecule has 2 aromatic carbocycles. The maximum Gasteiger partial charge on any atom is 0.322 e. The van der Waals surface area contributed by atoms with Crippen molar-refractivity contribution in [1.29, 1.82) is 0 Å². The summed E-state index contributed by atoms with van der Waals surface area (Å²) in [5, 5.41) is 13.1. The van der Waals surface area contributed by atoms with Gasteiger partial charge < -0.3 is 30.9 Å². The summed E-state index contributed by atoms with van der Waals surface area (Å²) in [5.41, 5.74) is 10.9. The van der Waals surface area contributed by atoms with Crippen LogP contribution in [-0.2, 0) is 26.1 Å². The van der Waals surface area contributed by atoms with Crippen molar-refractivity contribution in [1.82, 2.24) is 4.72 Å². The zero-order valence-electron chi connectivity index (χ0n) is 17.7. The highest BCUT2D eigenvalue weighted by Gasteiger charge is 2.28. The molecule has 0 saturated heterocycles. The van der Waals surface area contributed by atoms with Crippen molar-refractivity contribution >= 4 is 33.6 Å². The van der Waals surface area contributed by atoms with Crippen molar-refractivity contribution in [2.45, 2.75) is 23.8 Å². The first kappa shape index (κ1) is 26.0. The number of nitrogens with one attached hydrogen (secondary N) is 1. The van der Waals surface area contributed by atoms with Gasteiger partial charge in [-0.2, -0.15) is 4.72 Å². The van der Waals surface area contributed by atoms with Gasteiger partial charge in [0, 0.05) is 11.4 Å². The van der Waals surface area contributed by atoms with E-state index in [-0.39, 0.29) is 34.7 Å². The molecule has 0 bridgehead atoms. The summed E-state index contributed by atoms with van der Waals surface area (Å²) < 4.78 is 38.4. The summed E-state index contributed by atoms with van der Waals surface area (Å²) in [6.07, 6.45) is 0.443. The fraction of sp³-hybridized carbons (Fsp3) is 0.300. The van der Waals surface area contributed by atoms with E-state index in [9.17, 15) is 18.3 Å². The molecule has 33 heavy (non-hydrogen) atoms. The smallest absolute Gasteiger partial charge is 0.322 e. The Kier molecular flexibility index (Phi) is 9.57. The number of oxime groups is 1. The number of carbonyl (C=O) groups is 1. The van der Waals surface area contributed by atoms with E-state index >= 15 is 0 Å². The number of benzene rings is 2. The van der Waals surface area contributed by atoms with Gasteiger partial charge in [-0.1, -0.05) is 23.7 Å². The number of carboxylic acids is 1.